The minimum Gasteiger partial charge on any atom is -0.481 e. The van der Waals surface area contributed by atoms with E-state index < -0.39 is 5.97 Å². The minimum absolute atomic E-state index is 0.203. The van der Waals surface area contributed by atoms with Crippen LogP contribution in [0.25, 0.3) is 0 Å². The molecule has 0 saturated heterocycles. The summed E-state index contributed by atoms with van der Waals surface area (Å²) in [7, 11) is 0. The lowest BCUT2D eigenvalue weighted by molar-refractivity contribution is -0.137. The zero-order chi connectivity index (χ0) is 14.4. The van der Waals surface area contributed by atoms with Gasteiger partial charge in [0.15, 0.2) is 0 Å². The van der Waals surface area contributed by atoms with Crippen molar-refractivity contribution in [1.82, 2.24) is 0 Å². The van der Waals surface area contributed by atoms with E-state index in [9.17, 15) is 4.79 Å². The summed E-state index contributed by atoms with van der Waals surface area (Å²) in [4.78, 5) is 10.4. The van der Waals surface area contributed by atoms with Crippen molar-refractivity contribution < 1.29 is 14.6 Å². The van der Waals surface area contributed by atoms with E-state index in [0.29, 0.717) is 18.6 Å². The van der Waals surface area contributed by atoms with Crippen molar-refractivity contribution in [2.24, 2.45) is 16.1 Å². The number of carbonyl (C=O) groups is 1. The maximum absolute atomic E-state index is 10.4. The van der Waals surface area contributed by atoms with E-state index in [0.717, 1.165) is 38.5 Å². The average Bonchev–Trinajstić information content (AvgIpc) is 3.01. The molecule has 0 spiro atoms. The summed E-state index contributed by atoms with van der Waals surface area (Å²) < 4.78 is 5.86. The molecule has 5 heteroatoms. The molecule has 0 amide bonds. The number of hydrogen-bond donors (Lipinski definition) is 1. The fourth-order valence-corrected chi connectivity index (χ4v) is 3.26. The van der Waals surface area contributed by atoms with Crippen molar-refractivity contribution in [2.75, 3.05) is 6.61 Å². The molecule has 5 nitrogen and oxygen atoms in total. The van der Waals surface area contributed by atoms with Crippen molar-refractivity contribution >= 4 is 5.97 Å². The molecular weight excluding hydrogens is 256 g/mol. The highest BCUT2D eigenvalue weighted by molar-refractivity contribution is 5.66. The third-order valence-corrected chi connectivity index (χ3v) is 4.23. The van der Waals surface area contributed by atoms with Crippen LogP contribution in [0.1, 0.15) is 44.9 Å². The number of aliphatic carboxylic acids is 1. The Morgan fingerprint density at radius 2 is 2.00 bits per heavy atom. The first-order valence-electron chi connectivity index (χ1n) is 7.56. The summed E-state index contributed by atoms with van der Waals surface area (Å²) in [6, 6.07) is 0.589. The quantitative estimate of drug-likeness (QED) is 0.493. The van der Waals surface area contributed by atoms with Crippen LogP contribution in [0.2, 0.25) is 0 Å². The zero-order valence-electron chi connectivity index (χ0n) is 11.9. The number of rotatable bonds is 10. The third kappa shape index (κ3) is 3.88. The monoisotopic (exact) mass is 280 g/mol. The highest BCUT2D eigenvalue weighted by Gasteiger charge is 2.47. The van der Waals surface area contributed by atoms with Crippen molar-refractivity contribution in [3.63, 3.8) is 0 Å². The summed E-state index contributed by atoms with van der Waals surface area (Å²) in [5.74, 6) is -0.215. The second-order valence-electron chi connectivity index (χ2n) is 5.70. The van der Waals surface area contributed by atoms with Gasteiger partial charge in [-0.3, -0.25) is 4.79 Å². The maximum Gasteiger partial charge on any atom is 0.303 e. The van der Waals surface area contributed by atoms with Gasteiger partial charge in [-0.2, -0.15) is 10.2 Å². The van der Waals surface area contributed by atoms with Gasteiger partial charge in [0.2, 0.25) is 0 Å². The van der Waals surface area contributed by atoms with Gasteiger partial charge in [-0.15, -0.1) is 6.58 Å². The number of azo groups is 1. The molecular formula is C15H24N2O3. The Bertz CT molecular complexity index is 370. The number of unbranched alkanes of at least 4 members (excludes halogenated alkanes) is 3. The molecule has 2 aliphatic rings. The Morgan fingerprint density at radius 1 is 1.25 bits per heavy atom. The van der Waals surface area contributed by atoms with Crippen LogP contribution in [-0.2, 0) is 9.53 Å². The molecule has 4 atom stereocenters. The second kappa shape index (κ2) is 7.53. The van der Waals surface area contributed by atoms with Crippen LogP contribution in [0.4, 0.5) is 0 Å². The fraction of sp³-hybridized carbons (Fsp3) is 0.800. The molecule has 0 aromatic heterocycles. The van der Waals surface area contributed by atoms with Crippen molar-refractivity contribution in [3.8, 4) is 0 Å². The Kier molecular flexibility index (Phi) is 5.71. The van der Waals surface area contributed by atoms with Crippen LogP contribution < -0.4 is 0 Å². The minimum atomic E-state index is -0.698. The number of ether oxygens (including phenoxy) is 1. The lowest BCUT2D eigenvalue weighted by atomic mass is 9.93. The predicted octanol–water partition coefficient (Wildman–Crippen LogP) is 3.21. The second-order valence-corrected chi connectivity index (χ2v) is 5.70. The van der Waals surface area contributed by atoms with E-state index in [2.05, 4.69) is 16.8 Å². The number of carboxylic acids is 1. The molecule has 0 aromatic rings. The summed E-state index contributed by atoms with van der Waals surface area (Å²) in [5.41, 5.74) is 0. The Balaban J connectivity index is 1.67. The topological polar surface area (TPSA) is 71.2 Å². The molecule has 1 N–H and O–H groups in total. The summed E-state index contributed by atoms with van der Waals surface area (Å²) in [5, 5.41) is 17.2. The SMILES string of the molecule is C=CCO[C@@H]1[C@@H](CCCCCCC(=O)O)[C@@H]2C[C@@H]1N=N2. The molecule has 1 heterocycles. The van der Waals surface area contributed by atoms with Crippen LogP contribution in [0.5, 0.6) is 0 Å². The normalized spacial score (nSPS) is 30.8. The van der Waals surface area contributed by atoms with E-state index in [1.807, 2.05) is 0 Å². The molecule has 1 saturated carbocycles. The maximum atomic E-state index is 10.4. The number of fused-ring (bicyclic) bond motifs is 2. The first-order valence-corrected chi connectivity index (χ1v) is 7.56. The fourth-order valence-electron chi connectivity index (χ4n) is 3.26. The Hall–Kier alpha value is -1.23. The average molecular weight is 280 g/mol. The molecule has 0 aromatic carbocycles. The van der Waals surface area contributed by atoms with E-state index in [-0.39, 0.29) is 18.6 Å². The number of hydrogen-bond acceptors (Lipinski definition) is 4. The smallest absolute Gasteiger partial charge is 0.303 e. The van der Waals surface area contributed by atoms with Crippen LogP contribution in [-0.4, -0.2) is 35.9 Å². The number of carboxylic acid groups (broad SMARTS) is 1. The van der Waals surface area contributed by atoms with Gasteiger partial charge in [0.1, 0.15) is 0 Å². The predicted molar refractivity (Wildman–Crippen MR) is 75.8 cm³/mol. The highest BCUT2D eigenvalue weighted by atomic mass is 16.5. The standard InChI is InChI=1S/C15H24N2O3/c1-2-9-20-15-11(12-10-13(15)17-16-12)7-5-3-4-6-8-14(18)19/h2,11-13,15H,1,3-10H2,(H,18,19)/t11-,12-,13-,15+/m0/s1. The Labute approximate surface area is 120 Å². The van der Waals surface area contributed by atoms with Gasteiger partial charge in [-0.05, 0) is 19.3 Å². The van der Waals surface area contributed by atoms with Crippen LogP contribution in [0, 0.1) is 5.92 Å². The Morgan fingerprint density at radius 3 is 2.75 bits per heavy atom. The first kappa shape index (κ1) is 15.2. The van der Waals surface area contributed by atoms with Crippen LogP contribution in [0.15, 0.2) is 22.9 Å². The van der Waals surface area contributed by atoms with E-state index in [1.165, 1.54) is 0 Å². The first-order chi connectivity index (χ1) is 9.72. The van der Waals surface area contributed by atoms with Crippen molar-refractivity contribution in [3.05, 3.63) is 12.7 Å². The third-order valence-electron chi connectivity index (χ3n) is 4.23. The molecule has 1 aliphatic carbocycles. The molecule has 20 heavy (non-hydrogen) atoms. The number of nitrogens with zero attached hydrogens (tertiary/aromatic N) is 2. The molecule has 1 fully saturated rings. The van der Waals surface area contributed by atoms with E-state index >= 15 is 0 Å². The lowest BCUT2D eigenvalue weighted by Gasteiger charge is -2.26. The van der Waals surface area contributed by atoms with Gasteiger partial charge in [0, 0.05) is 12.3 Å². The van der Waals surface area contributed by atoms with E-state index in [1.54, 1.807) is 6.08 Å². The summed E-state index contributed by atoms with van der Waals surface area (Å²) in [6.45, 7) is 4.27. The summed E-state index contributed by atoms with van der Waals surface area (Å²) in [6.07, 6.45) is 8.40. The molecule has 0 unspecified atom stereocenters. The largest absolute Gasteiger partial charge is 0.481 e. The van der Waals surface area contributed by atoms with Gasteiger partial charge in [-0.25, -0.2) is 0 Å². The molecule has 112 valence electrons. The van der Waals surface area contributed by atoms with Gasteiger partial charge in [0.05, 0.1) is 24.8 Å². The van der Waals surface area contributed by atoms with Crippen LogP contribution >= 0.6 is 0 Å². The van der Waals surface area contributed by atoms with Gasteiger partial charge in [0.25, 0.3) is 0 Å². The van der Waals surface area contributed by atoms with Gasteiger partial charge < -0.3 is 9.84 Å². The van der Waals surface area contributed by atoms with Crippen molar-refractivity contribution in [2.45, 2.75) is 63.1 Å². The van der Waals surface area contributed by atoms with E-state index in [4.69, 9.17) is 9.84 Å². The van der Waals surface area contributed by atoms with Gasteiger partial charge in [-0.1, -0.05) is 25.3 Å². The highest BCUT2D eigenvalue weighted by Crippen LogP contribution is 2.41. The lowest BCUT2D eigenvalue weighted by Crippen LogP contribution is -2.32. The van der Waals surface area contributed by atoms with Gasteiger partial charge >= 0.3 is 5.97 Å². The van der Waals surface area contributed by atoms with Crippen molar-refractivity contribution in [1.29, 1.82) is 0 Å². The molecule has 0 radical (unpaired) electrons. The van der Waals surface area contributed by atoms with Crippen LogP contribution in [0.3, 0.4) is 0 Å². The zero-order valence-corrected chi connectivity index (χ0v) is 11.9. The summed E-state index contributed by atoms with van der Waals surface area (Å²) >= 11 is 0. The molecule has 2 rings (SSSR count). The molecule has 1 aliphatic heterocycles. The molecule has 2 bridgehead atoms.